The maximum absolute atomic E-state index is 12.8. The predicted octanol–water partition coefficient (Wildman–Crippen LogP) is 6.95. The summed E-state index contributed by atoms with van der Waals surface area (Å²) in [5.41, 5.74) is 4.33. The third kappa shape index (κ3) is 5.84. The van der Waals surface area contributed by atoms with E-state index in [0.29, 0.717) is 23.6 Å². The Morgan fingerprint density at radius 2 is 1.87 bits per heavy atom. The van der Waals surface area contributed by atoms with Crippen LogP contribution in [0.4, 0.5) is 5.69 Å². The molecule has 0 bridgehead atoms. The molecule has 0 spiro atoms. The van der Waals surface area contributed by atoms with Crippen LogP contribution in [0.2, 0.25) is 0 Å². The maximum atomic E-state index is 12.8. The fourth-order valence-electron chi connectivity index (χ4n) is 2.91. The number of nitriles is 1. The topological polar surface area (TPSA) is 62.1 Å². The van der Waals surface area contributed by atoms with Gasteiger partial charge in [0.1, 0.15) is 24.0 Å². The zero-order valence-electron chi connectivity index (χ0n) is 17.1. The highest BCUT2D eigenvalue weighted by molar-refractivity contribution is 9.10. The van der Waals surface area contributed by atoms with Crippen molar-refractivity contribution in [2.45, 2.75) is 20.5 Å². The van der Waals surface area contributed by atoms with Gasteiger partial charge in [-0.15, -0.1) is 0 Å². The first-order valence-corrected chi connectivity index (χ1v) is 11.1. The normalized spacial score (nSPS) is 11.0. The molecule has 0 saturated heterocycles. The van der Waals surface area contributed by atoms with Crippen molar-refractivity contribution < 1.29 is 9.53 Å². The Balaban J connectivity index is 1.87. The van der Waals surface area contributed by atoms with Gasteiger partial charge in [0, 0.05) is 25.8 Å². The highest BCUT2D eigenvalue weighted by Gasteiger charge is 2.14. The Morgan fingerprint density at radius 1 is 1.10 bits per heavy atom. The molecule has 0 unspecified atom stereocenters. The SMILES string of the molecule is Cc1cccc(NC(=O)/C(C#N)=C/c2cc(Br)ccc2OCc2ccccc2Br)c1C. The highest BCUT2D eigenvalue weighted by Crippen LogP contribution is 2.28. The molecule has 31 heavy (non-hydrogen) atoms. The zero-order valence-corrected chi connectivity index (χ0v) is 20.2. The lowest BCUT2D eigenvalue weighted by Gasteiger charge is -2.12. The van der Waals surface area contributed by atoms with E-state index in [2.05, 4.69) is 37.2 Å². The minimum atomic E-state index is -0.465. The molecule has 6 heteroatoms. The van der Waals surface area contributed by atoms with Crippen molar-refractivity contribution in [1.82, 2.24) is 0 Å². The van der Waals surface area contributed by atoms with E-state index in [1.54, 1.807) is 6.08 Å². The van der Waals surface area contributed by atoms with Crippen molar-refractivity contribution in [2.24, 2.45) is 0 Å². The van der Waals surface area contributed by atoms with Crippen LogP contribution < -0.4 is 10.1 Å². The smallest absolute Gasteiger partial charge is 0.266 e. The fraction of sp³-hybridized carbons (Fsp3) is 0.120. The van der Waals surface area contributed by atoms with Crippen molar-refractivity contribution in [2.75, 3.05) is 5.32 Å². The zero-order chi connectivity index (χ0) is 22.4. The number of hydrogen-bond acceptors (Lipinski definition) is 3. The Hall–Kier alpha value is -2.88. The van der Waals surface area contributed by atoms with Gasteiger partial charge in [0.25, 0.3) is 5.91 Å². The van der Waals surface area contributed by atoms with E-state index >= 15 is 0 Å². The number of aryl methyl sites for hydroxylation is 1. The monoisotopic (exact) mass is 538 g/mol. The Morgan fingerprint density at radius 3 is 2.61 bits per heavy atom. The van der Waals surface area contributed by atoms with E-state index in [4.69, 9.17) is 4.74 Å². The molecular formula is C25H20Br2N2O2. The van der Waals surface area contributed by atoms with Gasteiger partial charge in [-0.3, -0.25) is 4.79 Å². The van der Waals surface area contributed by atoms with Gasteiger partial charge in [0.15, 0.2) is 0 Å². The van der Waals surface area contributed by atoms with Crippen LogP contribution in [0.25, 0.3) is 6.08 Å². The van der Waals surface area contributed by atoms with E-state index < -0.39 is 5.91 Å². The number of ether oxygens (including phenoxy) is 1. The van der Waals surface area contributed by atoms with Crippen molar-refractivity contribution in [1.29, 1.82) is 5.26 Å². The molecule has 0 radical (unpaired) electrons. The van der Waals surface area contributed by atoms with Crippen molar-refractivity contribution >= 4 is 49.5 Å². The van der Waals surface area contributed by atoms with Crippen LogP contribution in [-0.4, -0.2) is 5.91 Å². The largest absolute Gasteiger partial charge is 0.488 e. The third-order valence-electron chi connectivity index (χ3n) is 4.83. The number of benzene rings is 3. The second-order valence-electron chi connectivity index (χ2n) is 6.93. The summed E-state index contributed by atoms with van der Waals surface area (Å²) in [6, 6.07) is 21.0. The average molecular weight is 540 g/mol. The Kier molecular flexibility index (Phi) is 7.67. The number of nitrogens with zero attached hydrogens (tertiary/aromatic N) is 1. The maximum Gasteiger partial charge on any atom is 0.266 e. The molecule has 0 aliphatic rings. The number of amides is 1. The number of carbonyl (C=O) groups is 1. The van der Waals surface area contributed by atoms with Gasteiger partial charge in [0.2, 0.25) is 0 Å². The Labute approximate surface area is 198 Å². The second-order valence-corrected chi connectivity index (χ2v) is 8.70. The van der Waals surface area contributed by atoms with Gasteiger partial charge < -0.3 is 10.1 Å². The molecule has 0 heterocycles. The van der Waals surface area contributed by atoms with Gasteiger partial charge in [0.05, 0.1) is 0 Å². The summed E-state index contributed by atoms with van der Waals surface area (Å²) in [7, 11) is 0. The summed E-state index contributed by atoms with van der Waals surface area (Å²) in [5.74, 6) is 0.110. The molecule has 156 valence electrons. The molecular weight excluding hydrogens is 520 g/mol. The first kappa shape index (κ1) is 22.8. The number of carbonyl (C=O) groups excluding carboxylic acids is 1. The molecule has 0 saturated carbocycles. The fourth-order valence-corrected chi connectivity index (χ4v) is 3.69. The first-order valence-electron chi connectivity index (χ1n) is 9.54. The highest BCUT2D eigenvalue weighted by atomic mass is 79.9. The van der Waals surface area contributed by atoms with E-state index in [9.17, 15) is 10.1 Å². The van der Waals surface area contributed by atoms with Crippen LogP contribution in [-0.2, 0) is 11.4 Å². The van der Waals surface area contributed by atoms with E-state index in [0.717, 1.165) is 25.6 Å². The second kappa shape index (κ2) is 10.4. The van der Waals surface area contributed by atoms with E-state index in [1.165, 1.54) is 0 Å². The number of nitrogens with one attached hydrogen (secondary N) is 1. The molecule has 4 nitrogen and oxygen atoms in total. The molecule has 0 aromatic heterocycles. The van der Waals surface area contributed by atoms with E-state index in [-0.39, 0.29) is 5.57 Å². The Bertz CT molecular complexity index is 1200. The van der Waals surface area contributed by atoms with Gasteiger partial charge >= 0.3 is 0 Å². The van der Waals surface area contributed by atoms with E-state index in [1.807, 2.05) is 80.6 Å². The standard InChI is InChI=1S/C25H20Br2N2O2/c1-16-6-5-9-23(17(16)2)29-25(30)20(14-28)12-19-13-21(26)10-11-24(19)31-15-18-7-3-4-8-22(18)27/h3-13H,15H2,1-2H3,(H,29,30)/b20-12+. The third-order valence-corrected chi connectivity index (χ3v) is 6.10. The van der Waals surface area contributed by atoms with Crippen LogP contribution in [0.15, 0.2) is 75.2 Å². The summed E-state index contributed by atoms with van der Waals surface area (Å²) < 4.78 is 7.77. The molecule has 3 aromatic carbocycles. The summed E-state index contributed by atoms with van der Waals surface area (Å²) in [4.78, 5) is 12.8. The molecule has 1 amide bonds. The molecule has 3 aromatic rings. The predicted molar refractivity (Wildman–Crippen MR) is 131 cm³/mol. The summed E-state index contributed by atoms with van der Waals surface area (Å²) >= 11 is 6.97. The van der Waals surface area contributed by atoms with Crippen LogP contribution in [0, 0.1) is 25.2 Å². The average Bonchev–Trinajstić information content (AvgIpc) is 2.75. The van der Waals surface area contributed by atoms with Crippen molar-refractivity contribution in [3.63, 3.8) is 0 Å². The molecule has 0 aliphatic heterocycles. The summed E-state index contributed by atoms with van der Waals surface area (Å²) in [6.45, 7) is 4.26. The lowest BCUT2D eigenvalue weighted by molar-refractivity contribution is -0.112. The molecule has 1 N–H and O–H groups in total. The molecule has 0 aliphatic carbocycles. The van der Waals surface area contributed by atoms with Gasteiger partial charge in [-0.2, -0.15) is 5.26 Å². The van der Waals surface area contributed by atoms with Gasteiger partial charge in [-0.1, -0.05) is 62.2 Å². The lowest BCUT2D eigenvalue weighted by Crippen LogP contribution is -2.14. The summed E-state index contributed by atoms with van der Waals surface area (Å²) in [5, 5.41) is 12.5. The lowest BCUT2D eigenvalue weighted by atomic mass is 10.1. The molecule has 3 rings (SSSR count). The van der Waals surface area contributed by atoms with Crippen LogP contribution >= 0.6 is 31.9 Å². The van der Waals surface area contributed by atoms with Gasteiger partial charge in [-0.05, 0) is 61.4 Å². The molecule has 0 fully saturated rings. The molecule has 0 atom stereocenters. The van der Waals surface area contributed by atoms with Crippen LogP contribution in [0.3, 0.4) is 0 Å². The number of halogens is 2. The number of anilines is 1. The van der Waals surface area contributed by atoms with Crippen LogP contribution in [0.1, 0.15) is 22.3 Å². The van der Waals surface area contributed by atoms with Crippen molar-refractivity contribution in [3.8, 4) is 11.8 Å². The summed E-state index contributed by atoms with van der Waals surface area (Å²) in [6.07, 6.45) is 1.54. The number of rotatable bonds is 6. The minimum absolute atomic E-state index is 0.00949. The first-order chi connectivity index (χ1) is 14.9. The number of hydrogen-bond donors (Lipinski definition) is 1. The quantitative estimate of drug-likeness (QED) is 0.272. The van der Waals surface area contributed by atoms with Crippen molar-refractivity contribution in [3.05, 3.63) is 97.4 Å². The minimum Gasteiger partial charge on any atom is -0.488 e. The van der Waals surface area contributed by atoms with Gasteiger partial charge in [-0.25, -0.2) is 0 Å². The van der Waals surface area contributed by atoms with Crippen LogP contribution in [0.5, 0.6) is 5.75 Å².